The van der Waals surface area contributed by atoms with Gasteiger partial charge in [-0.25, -0.2) is 0 Å². The van der Waals surface area contributed by atoms with Crippen molar-refractivity contribution in [3.63, 3.8) is 0 Å². The van der Waals surface area contributed by atoms with Crippen LogP contribution in [-0.2, 0) is 28.1 Å². The highest BCUT2D eigenvalue weighted by molar-refractivity contribution is 7.43. The van der Waals surface area contributed by atoms with E-state index in [4.69, 9.17) is 13.6 Å². The van der Waals surface area contributed by atoms with Gasteiger partial charge in [-0.15, -0.1) is 0 Å². The first-order valence-corrected chi connectivity index (χ1v) is 17.3. The van der Waals surface area contributed by atoms with E-state index in [1.165, 1.54) is 11.1 Å². The van der Waals surface area contributed by atoms with Crippen molar-refractivity contribution in [2.75, 3.05) is 0 Å². The largest absolute Gasteiger partial charge is 0.530 e. The molecule has 0 saturated heterocycles. The summed E-state index contributed by atoms with van der Waals surface area (Å²) in [6.45, 7) is 26.4. The van der Waals surface area contributed by atoms with Gasteiger partial charge in [0.25, 0.3) is 0 Å². The average molecular weight is 641 g/mol. The zero-order valence-electron chi connectivity index (χ0n) is 29.9. The molecule has 0 spiro atoms. The lowest BCUT2D eigenvalue weighted by Gasteiger charge is -2.31. The minimum Gasteiger partial charge on any atom is -0.507 e. The van der Waals surface area contributed by atoms with E-state index in [2.05, 4.69) is 107 Å². The third-order valence-corrected chi connectivity index (χ3v) is 9.15. The maximum atomic E-state index is 11.8. The second-order valence-corrected chi connectivity index (χ2v) is 17.3. The zero-order valence-corrected chi connectivity index (χ0v) is 30.8. The highest BCUT2D eigenvalue weighted by Gasteiger charge is 2.32. The summed E-state index contributed by atoms with van der Waals surface area (Å²) in [4.78, 5) is 0. The first kappa shape index (κ1) is 35.4. The van der Waals surface area contributed by atoms with Crippen molar-refractivity contribution in [2.45, 2.75) is 111 Å². The SMILES string of the molecule is CC(C)(C)c1cc(Cc2cc(C(C)(C)C)cc(C(C)(C)C)c2OP(Oc2ccccc2)Oc2ccccc2)c(O)c(C(C)(C)C)c1. The second-order valence-electron chi connectivity index (χ2n) is 16.3. The molecule has 0 heterocycles. The van der Waals surface area contributed by atoms with Gasteiger partial charge in [-0.2, -0.15) is 0 Å². The molecule has 46 heavy (non-hydrogen) atoms. The Bertz CT molecular complexity index is 1580. The topological polar surface area (TPSA) is 47.9 Å². The van der Waals surface area contributed by atoms with Gasteiger partial charge in [0.15, 0.2) is 0 Å². The lowest BCUT2D eigenvalue weighted by atomic mass is 9.76. The minimum atomic E-state index is -1.90. The summed E-state index contributed by atoms with van der Waals surface area (Å²) in [6, 6.07) is 28.1. The lowest BCUT2D eigenvalue weighted by Crippen LogP contribution is -2.20. The molecule has 0 atom stereocenters. The molecule has 1 N–H and O–H groups in total. The Labute approximate surface area is 279 Å². The Morgan fingerprint density at radius 3 is 1.33 bits per heavy atom. The summed E-state index contributed by atoms with van der Waals surface area (Å²) in [5.74, 6) is 2.41. The molecule has 0 radical (unpaired) electrons. The van der Waals surface area contributed by atoms with Crippen molar-refractivity contribution in [2.24, 2.45) is 0 Å². The summed E-state index contributed by atoms with van der Waals surface area (Å²) in [5, 5.41) is 11.8. The quantitative estimate of drug-likeness (QED) is 0.195. The first-order chi connectivity index (χ1) is 21.2. The van der Waals surface area contributed by atoms with Crippen LogP contribution in [0.15, 0.2) is 84.9 Å². The Morgan fingerprint density at radius 2 is 0.913 bits per heavy atom. The number of benzene rings is 4. The van der Waals surface area contributed by atoms with Crippen LogP contribution in [0.4, 0.5) is 0 Å². The first-order valence-electron chi connectivity index (χ1n) is 16.2. The molecule has 0 bridgehead atoms. The molecule has 4 aromatic rings. The molecule has 4 nitrogen and oxygen atoms in total. The molecule has 5 heteroatoms. The van der Waals surface area contributed by atoms with E-state index in [0.717, 1.165) is 28.0 Å². The van der Waals surface area contributed by atoms with Crippen molar-refractivity contribution in [1.29, 1.82) is 0 Å². The second kappa shape index (κ2) is 13.3. The Balaban J connectivity index is 1.95. The fourth-order valence-electron chi connectivity index (χ4n) is 5.22. The van der Waals surface area contributed by atoms with E-state index >= 15 is 0 Å². The Hall–Kier alpha value is -3.49. The van der Waals surface area contributed by atoms with E-state index in [9.17, 15) is 5.11 Å². The van der Waals surface area contributed by atoms with E-state index in [0.29, 0.717) is 23.7 Å². The molecule has 0 amide bonds. The van der Waals surface area contributed by atoms with Crippen LogP contribution in [0.3, 0.4) is 0 Å². The molecule has 4 rings (SSSR count). The van der Waals surface area contributed by atoms with E-state index in [1.807, 2.05) is 60.7 Å². The smallest absolute Gasteiger partial charge is 0.507 e. The molecule has 246 valence electrons. The summed E-state index contributed by atoms with van der Waals surface area (Å²) >= 11 is 0. The molecular formula is C41H53O4P. The van der Waals surface area contributed by atoms with Crippen LogP contribution in [0.2, 0.25) is 0 Å². The highest BCUT2D eigenvalue weighted by Crippen LogP contribution is 2.49. The lowest BCUT2D eigenvalue weighted by molar-refractivity contribution is 0.380. The maximum absolute atomic E-state index is 11.8. The van der Waals surface area contributed by atoms with Crippen LogP contribution in [0.5, 0.6) is 23.0 Å². The van der Waals surface area contributed by atoms with Crippen LogP contribution in [0, 0.1) is 0 Å². The van der Waals surface area contributed by atoms with Crippen LogP contribution in [0.1, 0.15) is 116 Å². The van der Waals surface area contributed by atoms with Gasteiger partial charge in [-0.1, -0.05) is 144 Å². The molecule has 0 unspecified atom stereocenters. The van der Waals surface area contributed by atoms with Crippen LogP contribution in [0.25, 0.3) is 0 Å². The predicted octanol–water partition coefficient (Wildman–Crippen LogP) is 11.9. The number of phenols is 1. The van der Waals surface area contributed by atoms with Gasteiger partial charge >= 0.3 is 8.60 Å². The summed E-state index contributed by atoms with van der Waals surface area (Å²) in [7, 11) is -1.90. The number of hydrogen-bond acceptors (Lipinski definition) is 4. The summed E-state index contributed by atoms with van der Waals surface area (Å²) in [5.41, 5.74) is 5.60. The Morgan fingerprint density at radius 1 is 0.500 bits per heavy atom. The number of rotatable bonds is 8. The molecule has 0 saturated carbocycles. The summed E-state index contributed by atoms with van der Waals surface area (Å²) in [6.07, 6.45) is 0.487. The van der Waals surface area contributed by atoms with Crippen molar-refractivity contribution in [1.82, 2.24) is 0 Å². The van der Waals surface area contributed by atoms with Crippen molar-refractivity contribution < 1.29 is 18.7 Å². The molecule has 0 aliphatic rings. The molecule has 4 aromatic carbocycles. The third-order valence-electron chi connectivity index (χ3n) is 8.10. The number of aromatic hydroxyl groups is 1. The van der Waals surface area contributed by atoms with Gasteiger partial charge in [0, 0.05) is 12.0 Å². The molecule has 0 aliphatic heterocycles. The number of hydrogen-bond donors (Lipinski definition) is 1. The van der Waals surface area contributed by atoms with Crippen LogP contribution < -0.4 is 13.6 Å². The Kier molecular flexibility index (Phi) is 10.2. The van der Waals surface area contributed by atoms with Crippen molar-refractivity contribution in [3.8, 4) is 23.0 Å². The monoisotopic (exact) mass is 640 g/mol. The fraction of sp³-hybridized carbons (Fsp3) is 0.415. The predicted molar refractivity (Wildman–Crippen MR) is 194 cm³/mol. The fourth-order valence-corrected chi connectivity index (χ4v) is 6.29. The number of para-hydroxylation sites is 2. The van der Waals surface area contributed by atoms with Crippen molar-refractivity contribution >= 4 is 8.60 Å². The van der Waals surface area contributed by atoms with E-state index in [1.54, 1.807) is 0 Å². The van der Waals surface area contributed by atoms with Gasteiger partial charge in [0.2, 0.25) is 0 Å². The average Bonchev–Trinajstić information content (AvgIpc) is 2.93. The van der Waals surface area contributed by atoms with E-state index in [-0.39, 0.29) is 21.7 Å². The molecule has 0 fully saturated rings. The van der Waals surface area contributed by atoms with Gasteiger partial charge in [0.1, 0.15) is 23.0 Å². The van der Waals surface area contributed by atoms with E-state index < -0.39 is 8.60 Å². The van der Waals surface area contributed by atoms with Crippen LogP contribution in [-0.4, -0.2) is 5.11 Å². The van der Waals surface area contributed by atoms with Crippen molar-refractivity contribution in [3.05, 3.63) is 118 Å². The van der Waals surface area contributed by atoms with Gasteiger partial charge < -0.3 is 18.7 Å². The standard InChI is InChI=1S/C41H53O4P/c1-38(2,3)30-24-28(36(42)34(26-30)40(7,8)9)23-29-25-31(39(4,5)6)27-35(41(10,11)12)37(29)45-46(43-32-19-15-13-16-20-32)44-33-21-17-14-18-22-33/h13-22,24-27,42H,23H2,1-12H3. The van der Waals surface area contributed by atoms with Crippen LogP contribution >= 0.6 is 8.60 Å². The molecular weight excluding hydrogens is 587 g/mol. The minimum absolute atomic E-state index is 0.0903. The van der Waals surface area contributed by atoms with Gasteiger partial charge in [-0.3, -0.25) is 0 Å². The number of phenolic OH excluding ortho intramolecular Hbond substituents is 1. The maximum Gasteiger partial charge on any atom is 0.530 e. The molecule has 0 aliphatic carbocycles. The zero-order chi connectivity index (χ0) is 34.1. The summed E-state index contributed by atoms with van der Waals surface area (Å²) < 4.78 is 19.8. The van der Waals surface area contributed by atoms with Gasteiger partial charge in [-0.05, 0) is 73.7 Å². The third kappa shape index (κ3) is 8.85. The highest BCUT2D eigenvalue weighted by atomic mass is 31.2. The van der Waals surface area contributed by atoms with Gasteiger partial charge in [0.05, 0.1) is 0 Å². The molecule has 0 aromatic heterocycles. The normalized spacial score (nSPS) is 12.7.